The molecule has 1 fully saturated rings. The van der Waals surface area contributed by atoms with Crippen molar-refractivity contribution in [2.45, 2.75) is 51.7 Å². The predicted octanol–water partition coefficient (Wildman–Crippen LogP) is 3.67. The fourth-order valence-electron chi connectivity index (χ4n) is 3.29. The molecule has 1 aliphatic rings. The van der Waals surface area contributed by atoms with Gasteiger partial charge in [-0.2, -0.15) is 5.10 Å². The summed E-state index contributed by atoms with van der Waals surface area (Å²) in [5.41, 5.74) is 1.69. The van der Waals surface area contributed by atoms with E-state index in [9.17, 15) is 4.79 Å². The van der Waals surface area contributed by atoms with Crippen LogP contribution in [0.15, 0.2) is 42.6 Å². The van der Waals surface area contributed by atoms with Gasteiger partial charge in [-0.3, -0.25) is 9.48 Å². The molecule has 0 radical (unpaired) electrons. The molecule has 1 aromatic carbocycles. The van der Waals surface area contributed by atoms with E-state index < -0.39 is 0 Å². The molecule has 2 aromatic rings. The molecular formula is C20H29ClN4O. The number of nitrogens with one attached hydrogen (secondary N) is 1. The summed E-state index contributed by atoms with van der Waals surface area (Å²) in [4.78, 5) is 15.0. The van der Waals surface area contributed by atoms with E-state index in [1.807, 2.05) is 40.0 Å². The number of hydrogen-bond donors (Lipinski definition) is 1. The maximum atomic E-state index is 13.1. The van der Waals surface area contributed by atoms with Gasteiger partial charge in [0.1, 0.15) is 5.69 Å². The number of halogens is 1. The van der Waals surface area contributed by atoms with E-state index in [2.05, 4.69) is 36.4 Å². The van der Waals surface area contributed by atoms with Crippen LogP contribution in [0.3, 0.4) is 0 Å². The molecular weight excluding hydrogens is 348 g/mol. The third-order valence-corrected chi connectivity index (χ3v) is 5.05. The molecule has 1 aliphatic heterocycles. The third-order valence-electron chi connectivity index (χ3n) is 5.05. The molecule has 2 unspecified atom stereocenters. The summed E-state index contributed by atoms with van der Waals surface area (Å²) < 4.78 is 1.96. The standard InChI is InChI=1S/C20H28N4O.ClH/c1-3-16(2)23(15-17-8-5-4-6-9-17)20(25)19-11-13-24(22-19)18-10-7-12-21-14-18;/h4-6,8-9,11,13,16,18,21H,3,7,10,12,14-15H2,1-2H3;1H. The summed E-state index contributed by atoms with van der Waals surface area (Å²) in [5.74, 6) is 0.0146. The predicted molar refractivity (Wildman–Crippen MR) is 107 cm³/mol. The summed E-state index contributed by atoms with van der Waals surface area (Å²) in [6.45, 7) is 6.83. The van der Waals surface area contributed by atoms with Gasteiger partial charge in [-0.1, -0.05) is 37.3 Å². The first-order valence-corrected chi connectivity index (χ1v) is 9.29. The van der Waals surface area contributed by atoms with Crippen LogP contribution in [0.1, 0.15) is 55.2 Å². The molecule has 0 saturated carbocycles. The Morgan fingerprint density at radius 1 is 1.35 bits per heavy atom. The smallest absolute Gasteiger partial charge is 0.274 e. The lowest BCUT2D eigenvalue weighted by Crippen LogP contribution is -2.38. The van der Waals surface area contributed by atoms with Crippen molar-refractivity contribution < 1.29 is 4.79 Å². The number of amides is 1. The highest BCUT2D eigenvalue weighted by Crippen LogP contribution is 2.18. The van der Waals surface area contributed by atoms with E-state index >= 15 is 0 Å². The fourth-order valence-corrected chi connectivity index (χ4v) is 3.29. The van der Waals surface area contributed by atoms with Gasteiger partial charge in [0.25, 0.3) is 5.91 Å². The van der Waals surface area contributed by atoms with Gasteiger partial charge in [0.05, 0.1) is 6.04 Å². The first-order valence-electron chi connectivity index (χ1n) is 9.29. The van der Waals surface area contributed by atoms with Crippen LogP contribution in [0, 0.1) is 0 Å². The first kappa shape index (κ1) is 20.5. The second-order valence-corrected chi connectivity index (χ2v) is 6.86. The lowest BCUT2D eigenvalue weighted by atomic mass is 10.1. The van der Waals surface area contributed by atoms with Crippen LogP contribution in [0.4, 0.5) is 0 Å². The Morgan fingerprint density at radius 3 is 2.77 bits per heavy atom. The number of carbonyl (C=O) groups is 1. The second kappa shape index (κ2) is 9.74. The zero-order chi connectivity index (χ0) is 17.6. The number of hydrogen-bond acceptors (Lipinski definition) is 3. The minimum Gasteiger partial charge on any atom is -0.330 e. The van der Waals surface area contributed by atoms with Crippen molar-refractivity contribution in [3.05, 3.63) is 53.9 Å². The Morgan fingerprint density at radius 2 is 2.12 bits per heavy atom. The molecule has 0 aliphatic carbocycles. The van der Waals surface area contributed by atoms with Crippen LogP contribution in [-0.4, -0.2) is 39.7 Å². The van der Waals surface area contributed by atoms with Gasteiger partial charge in [0.15, 0.2) is 0 Å². The summed E-state index contributed by atoms with van der Waals surface area (Å²) >= 11 is 0. The Balaban J connectivity index is 0.00000243. The quantitative estimate of drug-likeness (QED) is 0.836. The van der Waals surface area contributed by atoms with Gasteiger partial charge < -0.3 is 10.2 Å². The fraction of sp³-hybridized carbons (Fsp3) is 0.500. The molecule has 2 atom stereocenters. The highest BCUT2D eigenvalue weighted by atomic mass is 35.5. The first-order chi connectivity index (χ1) is 12.2. The van der Waals surface area contributed by atoms with Gasteiger partial charge in [-0.25, -0.2) is 0 Å². The van der Waals surface area contributed by atoms with E-state index in [0.717, 1.165) is 37.9 Å². The van der Waals surface area contributed by atoms with Crippen LogP contribution in [-0.2, 0) is 6.54 Å². The Bertz CT molecular complexity index is 682. The minimum absolute atomic E-state index is 0. The molecule has 3 rings (SSSR count). The van der Waals surface area contributed by atoms with Crippen LogP contribution in [0.2, 0.25) is 0 Å². The Hall–Kier alpha value is -1.85. The van der Waals surface area contributed by atoms with Gasteiger partial charge >= 0.3 is 0 Å². The number of piperidine rings is 1. The monoisotopic (exact) mass is 376 g/mol. The summed E-state index contributed by atoms with van der Waals surface area (Å²) in [6, 6.07) is 12.5. The van der Waals surface area contributed by atoms with Crippen molar-refractivity contribution >= 4 is 18.3 Å². The molecule has 1 amide bonds. The number of aromatic nitrogens is 2. The lowest BCUT2D eigenvalue weighted by Gasteiger charge is -2.28. The van der Waals surface area contributed by atoms with Crippen molar-refractivity contribution in [3.63, 3.8) is 0 Å². The van der Waals surface area contributed by atoms with E-state index in [-0.39, 0.29) is 24.4 Å². The van der Waals surface area contributed by atoms with Gasteiger partial charge in [0.2, 0.25) is 0 Å². The Kier molecular flexibility index (Phi) is 7.66. The highest BCUT2D eigenvalue weighted by molar-refractivity contribution is 5.92. The normalized spacial score (nSPS) is 18.0. The summed E-state index contributed by atoms with van der Waals surface area (Å²) in [5, 5.41) is 8.00. The van der Waals surface area contributed by atoms with Crippen molar-refractivity contribution in [3.8, 4) is 0 Å². The second-order valence-electron chi connectivity index (χ2n) is 6.86. The van der Waals surface area contributed by atoms with Gasteiger partial charge in [-0.05, 0) is 44.4 Å². The maximum absolute atomic E-state index is 13.1. The number of rotatable bonds is 6. The number of carbonyl (C=O) groups excluding carboxylic acids is 1. The van der Waals surface area contributed by atoms with Crippen LogP contribution in [0.5, 0.6) is 0 Å². The summed E-state index contributed by atoms with van der Waals surface area (Å²) in [7, 11) is 0. The molecule has 2 heterocycles. The molecule has 1 aromatic heterocycles. The SMILES string of the molecule is CCC(C)N(Cc1ccccc1)C(=O)c1ccn(C2CCCNC2)n1.Cl. The zero-order valence-electron chi connectivity index (χ0n) is 15.6. The van der Waals surface area contributed by atoms with E-state index in [1.165, 1.54) is 0 Å². The van der Waals surface area contributed by atoms with Crippen molar-refractivity contribution in [1.82, 2.24) is 20.0 Å². The Labute approximate surface area is 162 Å². The molecule has 0 spiro atoms. The molecule has 5 nitrogen and oxygen atoms in total. The van der Waals surface area contributed by atoms with Crippen LogP contribution in [0.25, 0.3) is 0 Å². The highest BCUT2D eigenvalue weighted by Gasteiger charge is 2.24. The van der Waals surface area contributed by atoms with Crippen molar-refractivity contribution in [2.24, 2.45) is 0 Å². The molecule has 142 valence electrons. The zero-order valence-corrected chi connectivity index (χ0v) is 16.4. The average Bonchev–Trinajstić information content (AvgIpc) is 3.17. The van der Waals surface area contributed by atoms with Crippen LogP contribution < -0.4 is 5.32 Å². The number of nitrogens with zero attached hydrogens (tertiary/aromatic N) is 3. The van der Waals surface area contributed by atoms with Crippen molar-refractivity contribution in [2.75, 3.05) is 13.1 Å². The van der Waals surface area contributed by atoms with E-state index in [4.69, 9.17) is 0 Å². The third kappa shape index (κ3) is 4.86. The largest absolute Gasteiger partial charge is 0.330 e. The van der Waals surface area contributed by atoms with Crippen molar-refractivity contribution in [1.29, 1.82) is 0 Å². The molecule has 1 saturated heterocycles. The molecule has 26 heavy (non-hydrogen) atoms. The van der Waals surface area contributed by atoms with Crippen LogP contribution >= 0.6 is 12.4 Å². The van der Waals surface area contributed by atoms with E-state index in [1.54, 1.807) is 0 Å². The van der Waals surface area contributed by atoms with E-state index in [0.29, 0.717) is 18.3 Å². The maximum Gasteiger partial charge on any atom is 0.274 e. The molecule has 0 bridgehead atoms. The molecule has 6 heteroatoms. The average molecular weight is 377 g/mol. The molecule has 1 N–H and O–H groups in total. The summed E-state index contributed by atoms with van der Waals surface area (Å²) in [6.07, 6.45) is 5.14. The van der Waals surface area contributed by atoms with Gasteiger partial charge in [0, 0.05) is 25.3 Å². The topological polar surface area (TPSA) is 50.2 Å². The lowest BCUT2D eigenvalue weighted by molar-refractivity contribution is 0.0664. The number of benzene rings is 1. The minimum atomic E-state index is 0. The van der Waals surface area contributed by atoms with Gasteiger partial charge in [-0.15, -0.1) is 12.4 Å².